The molecule has 0 heterocycles. The van der Waals surface area contributed by atoms with Crippen molar-refractivity contribution in [2.45, 2.75) is 20.8 Å². The van der Waals surface area contributed by atoms with Crippen molar-refractivity contribution in [3.63, 3.8) is 0 Å². The quantitative estimate of drug-likeness (QED) is 0.462. The molecule has 0 aliphatic rings. The summed E-state index contributed by atoms with van der Waals surface area (Å²) < 4.78 is 0. The number of rotatable bonds is 2. The first-order chi connectivity index (χ1) is 5.49. The Bertz CT molecular complexity index is 252. The SMILES string of the molecule is C/C(=C\C(C)=C(/C)C#N)N(C)C. The second-order valence-electron chi connectivity index (χ2n) is 3.10. The summed E-state index contributed by atoms with van der Waals surface area (Å²) in [4.78, 5) is 2.02. The zero-order valence-corrected chi connectivity index (χ0v) is 8.47. The Morgan fingerprint density at radius 2 is 1.75 bits per heavy atom. The van der Waals surface area contributed by atoms with Gasteiger partial charge in [-0.25, -0.2) is 0 Å². The average molecular weight is 164 g/mol. The lowest BCUT2D eigenvalue weighted by Gasteiger charge is -2.12. The molecule has 0 unspecified atom stereocenters. The molecule has 66 valence electrons. The van der Waals surface area contributed by atoms with Crippen LogP contribution >= 0.6 is 0 Å². The van der Waals surface area contributed by atoms with Crippen molar-refractivity contribution in [3.8, 4) is 6.07 Å². The van der Waals surface area contributed by atoms with Crippen LogP contribution in [0.5, 0.6) is 0 Å². The summed E-state index contributed by atoms with van der Waals surface area (Å²) in [6.07, 6.45) is 2.01. The van der Waals surface area contributed by atoms with E-state index in [1.807, 2.05) is 45.8 Å². The van der Waals surface area contributed by atoms with E-state index in [-0.39, 0.29) is 0 Å². The predicted molar refractivity (Wildman–Crippen MR) is 51.4 cm³/mol. The van der Waals surface area contributed by atoms with Gasteiger partial charge in [0.2, 0.25) is 0 Å². The molecule has 0 amide bonds. The molecule has 0 atom stereocenters. The van der Waals surface area contributed by atoms with Gasteiger partial charge in [0, 0.05) is 25.4 Å². The molecule has 2 nitrogen and oxygen atoms in total. The van der Waals surface area contributed by atoms with E-state index < -0.39 is 0 Å². The van der Waals surface area contributed by atoms with Gasteiger partial charge in [0.1, 0.15) is 0 Å². The first-order valence-corrected chi connectivity index (χ1v) is 3.92. The van der Waals surface area contributed by atoms with Gasteiger partial charge in [-0.05, 0) is 32.4 Å². The summed E-state index contributed by atoms with van der Waals surface area (Å²) in [5.74, 6) is 0. The maximum Gasteiger partial charge on any atom is 0.0946 e. The van der Waals surface area contributed by atoms with Gasteiger partial charge in [-0.2, -0.15) is 5.26 Å². The van der Waals surface area contributed by atoms with Gasteiger partial charge in [0.15, 0.2) is 0 Å². The lowest BCUT2D eigenvalue weighted by atomic mass is 10.1. The zero-order chi connectivity index (χ0) is 9.72. The van der Waals surface area contributed by atoms with Crippen LogP contribution in [-0.4, -0.2) is 19.0 Å². The summed E-state index contributed by atoms with van der Waals surface area (Å²) >= 11 is 0. The minimum absolute atomic E-state index is 0.774. The summed E-state index contributed by atoms with van der Waals surface area (Å²) in [7, 11) is 3.97. The summed E-state index contributed by atoms with van der Waals surface area (Å²) in [6.45, 7) is 5.80. The molecule has 0 bridgehead atoms. The molecule has 12 heavy (non-hydrogen) atoms. The number of nitrogens with zero attached hydrogens (tertiary/aromatic N) is 2. The van der Waals surface area contributed by atoms with E-state index in [1.54, 1.807) is 0 Å². The number of hydrogen-bond donors (Lipinski definition) is 0. The third-order valence-electron chi connectivity index (χ3n) is 1.89. The maximum absolute atomic E-state index is 8.61. The van der Waals surface area contributed by atoms with E-state index in [2.05, 4.69) is 6.07 Å². The van der Waals surface area contributed by atoms with E-state index in [9.17, 15) is 0 Å². The Morgan fingerprint density at radius 1 is 1.25 bits per heavy atom. The molecule has 0 radical (unpaired) electrons. The van der Waals surface area contributed by atoms with Crippen molar-refractivity contribution in [3.05, 3.63) is 22.9 Å². The number of nitriles is 1. The van der Waals surface area contributed by atoms with Gasteiger partial charge in [-0.1, -0.05) is 0 Å². The molecule has 0 fully saturated rings. The number of allylic oxidation sites excluding steroid dienone is 4. The molecule has 0 aromatic rings. The van der Waals surface area contributed by atoms with Crippen LogP contribution in [0, 0.1) is 11.3 Å². The first-order valence-electron chi connectivity index (χ1n) is 3.92. The lowest BCUT2D eigenvalue weighted by molar-refractivity contribution is 0.513. The smallest absolute Gasteiger partial charge is 0.0946 e. The van der Waals surface area contributed by atoms with Crippen LogP contribution in [0.1, 0.15) is 20.8 Å². The highest BCUT2D eigenvalue weighted by atomic mass is 15.1. The fourth-order valence-corrected chi connectivity index (χ4v) is 0.639. The molecular weight excluding hydrogens is 148 g/mol. The topological polar surface area (TPSA) is 27.0 Å². The summed E-state index contributed by atoms with van der Waals surface area (Å²) in [5.41, 5.74) is 2.96. The van der Waals surface area contributed by atoms with Gasteiger partial charge >= 0.3 is 0 Å². The summed E-state index contributed by atoms with van der Waals surface area (Å²) in [6, 6.07) is 2.13. The third kappa shape index (κ3) is 3.25. The molecule has 0 aromatic carbocycles. The second kappa shape index (κ2) is 4.61. The van der Waals surface area contributed by atoms with Crippen LogP contribution in [0.3, 0.4) is 0 Å². The Balaban J connectivity index is 4.68. The maximum atomic E-state index is 8.61. The Morgan fingerprint density at radius 3 is 2.08 bits per heavy atom. The zero-order valence-electron chi connectivity index (χ0n) is 8.47. The van der Waals surface area contributed by atoms with Gasteiger partial charge < -0.3 is 4.90 Å². The van der Waals surface area contributed by atoms with E-state index in [4.69, 9.17) is 5.26 Å². The van der Waals surface area contributed by atoms with Crippen LogP contribution in [0.4, 0.5) is 0 Å². The van der Waals surface area contributed by atoms with Gasteiger partial charge in [-0.15, -0.1) is 0 Å². The summed E-state index contributed by atoms with van der Waals surface area (Å²) in [5, 5.41) is 8.61. The van der Waals surface area contributed by atoms with Gasteiger partial charge in [-0.3, -0.25) is 0 Å². The standard InChI is InChI=1S/C10H16N2/c1-8(9(2)7-11)6-10(3)12(4)5/h6H,1-5H3/b9-8+,10-6+. The molecule has 0 saturated heterocycles. The van der Waals surface area contributed by atoms with Crippen molar-refractivity contribution in [1.29, 1.82) is 5.26 Å². The van der Waals surface area contributed by atoms with E-state index >= 15 is 0 Å². The molecule has 2 heteroatoms. The largest absolute Gasteiger partial charge is 0.381 e. The van der Waals surface area contributed by atoms with E-state index in [1.165, 1.54) is 0 Å². The molecule has 0 N–H and O–H groups in total. The molecule has 0 rings (SSSR count). The van der Waals surface area contributed by atoms with Crippen LogP contribution < -0.4 is 0 Å². The van der Waals surface area contributed by atoms with Crippen molar-refractivity contribution in [1.82, 2.24) is 4.90 Å². The van der Waals surface area contributed by atoms with Crippen LogP contribution in [-0.2, 0) is 0 Å². The van der Waals surface area contributed by atoms with Crippen molar-refractivity contribution < 1.29 is 0 Å². The number of hydrogen-bond acceptors (Lipinski definition) is 2. The minimum Gasteiger partial charge on any atom is -0.381 e. The fraction of sp³-hybridized carbons (Fsp3) is 0.500. The van der Waals surface area contributed by atoms with E-state index in [0.29, 0.717) is 0 Å². The Kier molecular flexibility index (Phi) is 4.14. The second-order valence-corrected chi connectivity index (χ2v) is 3.10. The van der Waals surface area contributed by atoms with Crippen molar-refractivity contribution >= 4 is 0 Å². The Hall–Kier alpha value is -1.23. The van der Waals surface area contributed by atoms with Crippen LogP contribution in [0.15, 0.2) is 22.9 Å². The van der Waals surface area contributed by atoms with Gasteiger partial charge in [0.05, 0.1) is 6.07 Å². The lowest BCUT2D eigenvalue weighted by Crippen LogP contribution is -2.08. The third-order valence-corrected chi connectivity index (χ3v) is 1.89. The van der Waals surface area contributed by atoms with Crippen LogP contribution in [0.25, 0.3) is 0 Å². The van der Waals surface area contributed by atoms with Crippen molar-refractivity contribution in [2.75, 3.05) is 14.1 Å². The molecule has 0 aliphatic carbocycles. The van der Waals surface area contributed by atoms with Crippen LogP contribution in [0.2, 0.25) is 0 Å². The fourth-order valence-electron chi connectivity index (χ4n) is 0.639. The monoisotopic (exact) mass is 164 g/mol. The molecule has 0 saturated carbocycles. The molecule has 0 spiro atoms. The highest BCUT2D eigenvalue weighted by molar-refractivity contribution is 5.32. The normalized spacial score (nSPS) is 13.5. The molecular formula is C10H16N2. The van der Waals surface area contributed by atoms with Gasteiger partial charge in [0.25, 0.3) is 0 Å². The van der Waals surface area contributed by atoms with Crippen molar-refractivity contribution in [2.24, 2.45) is 0 Å². The Labute approximate surface area is 74.8 Å². The first kappa shape index (κ1) is 10.8. The predicted octanol–water partition coefficient (Wildman–Crippen LogP) is 2.31. The highest BCUT2D eigenvalue weighted by Crippen LogP contribution is 2.07. The molecule has 0 aliphatic heterocycles. The average Bonchev–Trinajstić information content (AvgIpc) is 2.02. The van der Waals surface area contributed by atoms with E-state index in [0.717, 1.165) is 16.8 Å². The molecule has 0 aromatic heterocycles. The highest BCUT2D eigenvalue weighted by Gasteiger charge is 1.94. The minimum atomic E-state index is 0.774.